The van der Waals surface area contributed by atoms with Crippen LogP contribution in [0.3, 0.4) is 0 Å². The van der Waals surface area contributed by atoms with Crippen LogP contribution in [0, 0.1) is 0 Å². The van der Waals surface area contributed by atoms with Crippen LogP contribution in [0.15, 0.2) is 36.4 Å². The van der Waals surface area contributed by atoms with Gasteiger partial charge in [-0.1, -0.05) is 22.9 Å². The fraction of sp³-hybridized carbons (Fsp3) is 0.158. The molecular formula is C19H18ClN3O4S. The predicted octanol–water partition coefficient (Wildman–Crippen LogP) is 4.38. The van der Waals surface area contributed by atoms with Crippen molar-refractivity contribution in [3.63, 3.8) is 0 Å². The summed E-state index contributed by atoms with van der Waals surface area (Å²) in [6.45, 7) is 0. The lowest BCUT2D eigenvalue weighted by Crippen LogP contribution is -2.03. The fourth-order valence-corrected chi connectivity index (χ4v) is 3.58. The van der Waals surface area contributed by atoms with Crippen molar-refractivity contribution in [2.75, 3.05) is 32.4 Å². The monoisotopic (exact) mass is 419 g/mol. The number of ether oxygens (including phenoxy) is 3. The number of nitrogen functional groups attached to an aromatic ring is 1. The first-order chi connectivity index (χ1) is 13.5. The van der Waals surface area contributed by atoms with Crippen molar-refractivity contribution in [1.82, 2.24) is 4.98 Å². The van der Waals surface area contributed by atoms with Crippen LogP contribution < -0.4 is 25.3 Å². The maximum Gasteiger partial charge on any atom is 0.206 e. The summed E-state index contributed by atoms with van der Waals surface area (Å²) in [4.78, 5) is 17.5. The Morgan fingerprint density at radius 3 is 2.39 bits per heavy atom. The number of halogens is 1. The Morgan fingerprint density at radius 1 is 1.04 bits per heavy atom. The van der Waals surface area contributed by atoms with E-state index >= 15 is 0 Å². The molecule has 7 nitrogen and oxygen atoms in total. The van der Waals surface area contributed by atoms with E-state index in [0.717, 1.165) is 11.3 Å². The molecule has 1 heterocycles. The summed E-state index contributed by atoms with van der Waals surface area (Å²) in [6.07, 6.45) is 0. The van der Waals surface area contributed by atoms with Gasteiger partial charge in [0.05, 0.1) is 27.0 Å². The minimum Gasteiger partial charge on any atom is -0.495 e. The zero-order chi connectivity index (χ0) is 20.3. The highest BCUT2D eigenvalue weighted by molar-refractivity contribution is 7.18. The quantitative estimate of drug-likeness (QED) is 0.548. The van der Waals surface area contributed by atoms with E-state index in [2.05, 4.69) is 10.3 Å². The topological polar surface area (TPSA) is 95.7 Å². The first-order valence-electron chi connectivity index (χ1n) is 8.10. The second-order valence-corrected chi connectivity index (χ2v) is 7.04. The summed E-state index contributed by atoms with van der Waals surface area (Å²) in [5.74, 6) is 1.45. The summed E-state index contributed by atoms with van der Waals surface area (Å²) in [7, 11) is 4.59. The number of rotatable bonds is 7. The van der Waals surface area contributed by atoms with Gasteiger partial charge in [-0.05, 0) is 36.4 Å². The molecule has 0 bridgehead atoms. The number of methoxy groups -OCH3 is 3. The lowest BCUT2D eigenvalue weighted by molar-refractivity contribution is 0.104. The Hall–Kier alpha value is -2.97. The molecule has 0 aliphatic rings. The van der Waals surface area contributed by atoms with E-state index < -0.39 is 0 Å². The van der Waals surface area contributed by atoms with Gasteiger partial charge in [-0.15, -0.1) is 0 Å². The Bertz CT molecular complexity index is 1020. The molecule has 0 fully saturated rings. The average Bonchev–Trinajstić information content (AvgIpc) is 3.07. The van der Waals surface area contributed by atoms with Crippen LogP contribution in [0.1, 0.15) is 15.2 Å². The van der Waals surface area contributed by atoms with E-state index in [0.29, 0.717) is 43.5 Å². The van der Waals surface area contributed by atoms with E-state index in [4.69, 9.17) is 31.5 Å². The number of nitrogens with two attached hydrogens (primary N) is 1. The summed E-state index contributed by atoms with van der Waals surface area (Å²) in [6, 6.07) is 10.1. The molecule has 0 aliphatic heterocycles. The fourth-order valence-electron chi connectivity index (χ4n) is 2.55. The number of nitrogens with one attached hydrogen (secondary N) is 1. The first-order valence-corrected chi connectivity index (χ1v) is 9.29. The number of carbonyl (C=O) groups is 1. The standard InChI is InChI=1S/C19H18ClN3O4S/c1-25-13-7-5-11(20)9-12(13)22-19-23-18(21)17(28-19)16(24)10-4-6-14(26-2)15(8-10)27-3/h4-9H,21H2,1-3H3,(H,22,23). The van der Waals surface area contributed by atoms with E-state index in [9.17, 15) is 4.79 Å². The average molecular weight is 420 g/mol. The first kappa shape index (κ1) is 19.8. The van der Waals surface area contributed by atoms with Gasteiger partial charge in [-0.2, -0.15) is 0 Å². The molecule has 0 spiro atoms. The third kappa shape index (κ3) is 3.97. The number of hydrogen-bond acceptors (Lipinski definition) is 8. The van der Waals surface area contributed by atoms with Crippen LogP contribution in [-0.2, 0) is 0 Å². The maximum absolute atomic E-state index is 12.9. The van der Waals surface area contributed by atoms with E-state index in [1.165, 1.54) is 14.2 Å². The molecule has 0 saturated heterocycles. The highest BCUT2D eigenvalue weighted by atomic mass is 35.5. The lowest BCUT2D eigenvalue weighted by Gasteiger charge is -2.09. The van der Waals surface area contributed by atoms with E-state index in [1.807, 2.05) is 0 Å². The van der Waals surface area contributed by atoms with Crippen molar-refractivity contribution >= 4 is 45.4 Å². The van der Waals surface area contributed by atoms with Crippen LogP contribution >= 0.6 is 22.9 Å². The van der Waals surface area contributed by atoms with Gasteiger partial charge in [0, 0.05) is 10.6 Å². The van der Waals surface area contributed by atoms with Gasteiger partial charge < -0.3 is 25.3 Å². The van der Waals surface area contributed by atoms with Crippen LogP contribution in [-0.4, -0.2) is 32.1 Å². The molecule has 0 atom stereocenters. The zero-order valence-corrected chi connectivity index (χ0v) is 17.0. The van der Waals surface area contributed by atoms with Crippen molar-refractivity contribution in [3.8, 4) is 17.2 Å². The SMILES string of the molecule is COc1ccc(Cl)cc1Nc1nc(N)c(C(=O)c2ccc(OC)c(OC)c2)s1. The van der Waals surface area contributed by atoms with Crippen molar-refractivity contribution in [2.45, 2.75) is 0 Å². The Morgan fingerprint density at radius 2 is 1.71 bits per heavy atom. The third-order valence-corrected chi connectivity index (χ3v) is 5.13. The summed E-state index contributed by atoms with van der Waals surface area (Å²) < 4.78 is 15.8. The van der Waals surface area contributed by atoms with Gasteiger partial charge in [-0.3, -0.25) is 4.79 Å². The number of nitrogens with zero attached hydrogens (tertiary/aromatic N) is 1. The summed E-state index contributed by atoms with van der Waals surface area (Å²) in [5, 5.41) is 4.08. The Labute approximate surface area is 171 Å². The summed E-state index contributed by atoms with van der Waals surface area (Å²) in [5.41, 5.74) is 7.02. The minimum atomic E-state index is -0.262. The molecular weight excluding hydrogens is 402 g/mol. The molecule has 3 rings (SSSR count). The molecule has 2 aromatic carbocycles. The van der Waals surface area contributed by atoms with Gasteiger partial charge >= 0.3 is 0 Å². The van der Waals surface area contributed by atoms with Crippen LogP contribution in [0.2, 0.25) is 5.02 Å². The molecule has 0 amide bonds. The number of thiazole rings is 1. The highest BCUT2D eigenvalue weighted by Gasteiger charge is 2.20. The molecule has 1 aromatic heterocycles. The molecule has 9 heteroatoms. The van der Waals surface area contributed by atoms with E-state index in [1.54, 1.807) is 43.5 Å². The van der Waals surface area contributed by atoms with Gasteiger partial charge in [0.15, 0.2) is 16.6 Å². The largest absolute Gasteiger partial charge is 0.495 e. The number of hydrogen-bond donors (Lipinski definition) is 2. The number of aromatic nitrogens is 1. The van der Waals surface area contributed by atoms with Gasteiger partial charge in [0.25, 0.3) is 0 Å². The van der Waals surface area contributed by atoms with Crippen LogP contribution in [0.4, 0.5) is 16.6 Å². The number of ketones is 1. The predicted molar refractivity (Wildman–Crippen MR) is 111 cm³/mol. The normalized spacial score (nSPS) is 10.4. The van der Waals surface area contributed by atoms with E-state index in [-0.39, 0.29) is 11.6 Å². The van der Waals surface area contributed by atoms with Gasteiger partial charge in [-0.25, -0.2) is 4.98 Å². The molecule has 3 N–H and O–H groups in total. The molecule has 0 unspecified atom stereocenters. The number of carbonyl (C=O) groups excluding carboxylic acids is 1. The minimum absolute atomic E-state index is 0.133. The Kier molecular flexibility index (Phi) is 5.91. The molecule has 3 aromatic rings. The maximum atomic E-state index is 12.9. The van der Waals surface area contributed by atoms with Gasteiger partial charge in [0.1, 0.15) is 16.4 Å². The molecule has 0 aliphatic carbocycles. The van der Waals surface area contributed by atoms with Crippen LogP contribution in [0.25, 0.3) is 0 Å². The van der Waals surface area contributed by atoms with Crippen molar-refractivity contribution < 1.29 is 19.0 Å². The smallest absolute Gasteiger partial charge is 0.206 e. The second kappa shape index (κ2) is 8.37. The van der Waals surface area contributed by atoms with Crippen molar-refractivity contribution in [2.24, 2.45) is 0 Å². The number of anilines is 3. The Balaban J connectivity index is 1.90. The number of benzene rings is 2. The molecule has 0 saturated carbocycles. The lowest BCUT2D eigenvalue weighted by atomic mass is 10.1. The molecule has 146 valence electrons. The van der Waals surface area contributed by atoms with Crippen molar-refractivity contribution in [3.05, 3.63) is 51.9 Å². The highest BCUT2D eigenvalue weighted by Crippen LogP contribution is 2.35. The molecule has 28 heavy (non-hydrogen) atoms. The molecule has 0 radical (unpaired) electrons. The van der Waals surface area contributed by atoms with Crippen LogP contribution in [0.5, 0.6) is 17.2 Å². The third-order valence-electron chi connectivity index (χ3n) is 3.91. The van der Waals surface area contributed by atoms with Gasteiger partial charge in [0.2, 0.25) is 5.78 Å². The second-order valence-electron chi connectivity index (χ2n) is 5.60. The summed E-state index contributed by atoms with van der Waals surface area (Å²) >= 11 is 7.19. The zero-order valence-electron chi connectivity index (χ0n) is 15.4. The van der Waals surface area contributed by atoms with Crippen molar-refractivity contribution in [1.29, 1.82) is 0 Å².